The van der Waals surface area contributed by atoms with Crippen LogP contribution in [0.1, 0.15) is 36.4 Å². The largest absolute Gasteiger partial charge is 0.461 e. The lowest BCUT2D eigenvalue weighted by atomic mass is 10.1. The van der Waals surface area contributed by atoms with Crippen LogP contribution in [0.5, 0.6) is 0 Å². The van der Waals surface area contributed by atoms with Gasteiger partial charge >= 0.3 is 13.6 Å². The summed E-state index contributed by atoms with van der Waals surface area (Å²) in [6.45, 7) is 3.92. The third-order valence-corrected chi connectivity index (χ3v) is 5.92. The molecule has 0 saturated heterocycles. The van der Waals surface area contributed by atoms with Crippen LogP contribution in [0.2, 0.25) is 0 Å². The number of ether oxygens (including phenoxy) is 1. The van der Waals surface area contributed by atoms with Crippen LogP contribution in [-0.4, -0.2) is 24.3 Å². The second kappa shape index (κ2) is 10.4. The highest BCUT2D eigenvalue weighted by molar-refractivity contribution is 7.54. The molecule has 2 rings (SSSR count). The van der Waals surface area contributed by atoms with Crippen molar-refractivity contribution in [3.63, 3.8) is 0 Å². The molecule has 0 aromatic heterocycles. The van der Waals surface area contributed by atoms with Crippen LogP contribution in [0.4, 0.5) is 0 Å². The Balaban J connectivity index is 1.95. The zero-order chi connectivity index (χ0) is 19.7. The molecule has 146 valence electrons. The minimum absolute atomic E-state index is 0.109. The van der Waals surface area contributed by atoms with Crippen molar-refractivity contribution in [1.29, 1.82) is 0 Å². The molecule has 0 aliphatic heterocycles. The highest BCUT2D eigenvalue weighted by Crippen LogP contribution is 2.59. The van der Waals surface area contributed by atoms with Gasteiger partial charge in [-0.3, -0.25) is 9.36 Å². The van der Waals surface area contributed by atoms with Gasteiger partial charge in [0, 0.05) is 0 Å². The van der Waals surface area contributed by atoms with E-state index in [0.29, 0.717) is 5.56 Å². The fraction of sp³-hybridized carbons (Fsp3) is 0.350. The molecular weight excluding hydrogens is 367 g/mol. The summed E-state index contributed by atoms with van der Waals surface area (Å²) in [5.74, 6) is -1.72. The molecule has 0 radical (unpaired) electrons. The molecule has 27 heavy (non-hydrogen) atoms. The lowest BCUT2D eigenvalue weighted by Crippen LogP contribution is -2.09. The Labute approximate surface area is 159 Å². The van der Waals surface area contributed by atoms with Gasteiger partial charge in [-0.05, 0) is 30.5 Å². The zero-order valence-electron chi connectivity index (χ0n) is 15.5. The van der Waals surface area contributed by atoms with Crippen molar-refractivity contribution >= 4 is 13.6 Å². The Kier molecular flexibility index (Phi) is 8.20. The lowest BCUT2D eigenvalue weighted by molar-refractivity contribution is -0.144. The third kappa shape index (κ3) is 6.29. The van der Waals surface area contributed by atoms with E-state index in [1.807, 2.05) is 30.3 Å². The number of benzene rings is 2. The molecule has 6 nitrogen and oxygen atoms in total. The van der Waals surface area contributed by atoms with Crippen LogP contribution in [0.25, 0.3) is 0 Å². The highest BCUT2D eigenvalue weighted by Gasteiger charge is 2.35. The fourth-order valence-electron chi connectivity index (χ4n) is 2.48. The fourth-order valence-corrected chi connectivity index (χ4v) is 4.10. The van der Waals surface area contributed by atoms with E-state index in [1.54, 1.807) is 38.1 Å². The SMILES string of the molecule is CCOP(=O)(OCC)C(O)c1ccc(CC(=O)OCc2ccccc2)cc1. The van der Waals surface area contributed by atoms with Crippen molar-refractivity contribution in [3.05, 3.63) is 71.3 Å². The van der Waals surface area contributed by atoms with Crippen molar-refractivity contribution < 1.29 is 28.3 Å². The number of rotatable bonds is 10. The predicted molar refractivity (Wildman–Crippen MR) is 102 cm³/mol. The Morgan fingerprint density at radius 3 is 2.11 bits per heavy atom. The molecule has 0 aliphatic rings. The molecule has 1 N–H and O–H groups in total. The van der Waals surface area contributed by atoms with Crippen LogP contribution in [0.15, 0.2) is 54.6 Å². The summed E-state index contributed by atoms with van der Waals surface area (Å²) in [7, 11) is -3.66. The van der Waals surface area contributed by atoms with Crippen LogP contribution < -0.4 is 0 Å². The van der Waals surface area contributed by atoms with Gasteiger partial charge < -0.3 is 18.9 Å². The van der Waals surface area contributed by atoms with Gasteiger partial charge in [-0.25, -0.2) is 0 Å². The van der Waals surface area contributed by atoms with Gasteiger partial charge in [-0.1, -0.05) is 54.6 Å². The smallest absolute Gasteiger partial charge is 0.363 e. The monoisotopic (exact) mass is 392 g/mol. The summed E-state index contributed by atoms with van der Waals surface area (Å²) in [6, 6.07) is 16.0. The maximum Gasteiger partial charge on any atom is 0.363 e. The number of aliphatic hydroxyl groups is 1. The van der Waals surface area contributed by atoms with E-state index in [0.717, 1.165) is 11.1 Å². The Morgan fingerprint density at radius 2 is 1.56 bits per heavy atom. The van der Waals surface area contributed by atoms with Crippen LogP contribution in [0, 0.1) is 0 Å². The minimum atomic E-state index is -3.66. The first kappa shape index (κ1) is 21.3. The average molecular weight is 392 g/mol. The summed E-state index contributed by atoms with van der Waals surface area (Å²) < 4.78 is 28.2. The normalized spacial score (nSPS) is 12.6. The summed E-state index contributed by atoms with van der Waals surface area (Å²) in [5, 5.41) is 10.4. The molecule has 1 atom stereocenters. The van der Waals surface area contributed by atoms with Crippen molar-refractivity contribution in [3.8, 4) is 0 Å². The highest BCUT2D eigenvalue weighted by atomic mass is 31.2. The van der Waals surface area contributed by atoms with E-state index in [2.05, 4.69) is 0 Å². The van der Waals surface area contributed by atoms with E-state index in [9.17, 15) is 14.5 Å². The van der Waals surface area contributed by atoms with E-state index >= 15 is 0 Å². The molecule has 7 heteroatoms. The molecule has 0 spiro atoms. The predicted octanol–water partition coefficient (Wildman–Crippen LogP) is 4.23. The number of esters is 1. The quantitative estimate of drug-likeness (QED) is 0.481. The van der Waals surface area contributed by atoms with Crippen molar-refractivity contribution in [2.45, 2.75) is 32.7 Å². The molecule has 0 heterocycles. The van der Waals surface area contributed by atoms with Gasteiger partial charge in [0.05, 0.1) is 19.6 Å². The van der Waals surface area contributed by atoms with E-state index in [4.69, 9.17) is 13.8 Å². The molecular formula is C20H25O6P. The number of hydrogen-bond acceptors (Lipinski definition) is 6. The van der Waals surface area contributed by atoms with Gasteiger partial charge in [0.1, 0.15) is 6.61 Å². The van der Waals surface area contributed by atoms with Crippen molar-refractivity contribution in [2.24, 2.45) is 0 Å². The first-order valence-electron chi connectivity index (χ1n) is 8.83. The summed E-state index contributed by atoms with van der Waals surface area (Å²) >= 11 is 0. The second-order valence-corrected chi connectivity index (χ2v) is 7.90. The van der Waals surface area contributed by atoms with Crippen LogP contribution >= 0.6 is 7.60 Å². The van der Waals surface area contributed by atoms with E-state index in [1.165, 1.54) is 0 Å². The van der Waals surface area contributed by atoms with Gasteiger partial charge in [-0.15, -0.1) is 0 Å². The molecule has 0 fully saturated rings. The first-order chi connectivity index (χ1) is 13.0. The Hall–Kier alpha value is -1.98. The standard InChI is InChI=1S/C20H25O6P/c1-3-25-27(23,26-4-2)20(22)18-12-10-16(11-13-18)14-19(21)24-15-17-8-6-5-7-9-17/h5-13,20,22H,3-4,14-15H2,1-2H3. The van der Waals surface area contributed by atoms with Crippen molar-refractivity contribution in [2.75, 3.05) is 13.2 Å². The molecule has 0 saturated carbocycles. The number of carbonyl (C=O) groups excluding carboxylic acids is 1. The zero-order valence-corrected chi connectivity index (χ0v) is 16.4. The van der Waals surface area contributed by atoms with E-state index in [-0.39, 0.29) is 32.2 Å². The summed E-state index contributed by atoms with van der Waals surface area (Å²) in [5.41, 5.74) is 2.06. The van der Waals surface area contributed by atoms with Crippen molar-refractivity contribution in [1.82, 2.24) is 0 Å². The Bertz CT molecular complexity index is 750. The number of carbonyl (C=O) groups is 1. The maximum atomic E-state index is 12.6. The minimum Gasteiger partial charge on any atom is -0.461 e. The van der Waals surface area contributed by atoms with Gasteiger partial charge in [-0.2, -0.15) is 0 Å². The second-order valence-electron chi connectivity index (χ2n) is 5.81. The number of aliphatic hydroxyl groups excluding tert-OH is 1. The average Bonchev–Trinajstić information content (AvgIpc) is 2.67. The van der Waals surface area contributed by atoms with Crippen LogP contribution in [0.3, 0.4) is 0 Å². The molecule has 1 unspecified atom stereocenters. The Morgan fingerprint density at radius 1 is 0.963 bits per heavy atom. The van der Waals surface area contributed by atoms with Gasteiger partial charge in [0.25, 0.3) is 0 Å². The topological polar surface area (TPSA) is 82.1 Å². The molecule has 0 bridgehead atoms. The number of hydrogen-bond donors (Lipinski definition) is 1. The lowest BCUT2D eigenvalue weighted by Gasteiger charge is -2.22. The molecule has 2 aromatic rings. The summed E-state index contributed by atoms with van der Waals surface area (Å²) in [4.78, 5) is 12.0. The molecule has 0 amide bonds. The first-order valence-corrected chi connectivity index (χ1v) is 10.4. The molecule has 2 aromatic carbocycles. The summed E-state index contributed by atoms with van der Waals surface area (Å²) in [6.07, 6.45) is 0.109. The maximum absolute atomic E-state index is 12.6. The third-order valence-electron chi connectivity index (χ3n) is 3.79. The van der Waals surface area contributed by atoms with Gasteiger partial charge in [0.15, 0.2) is 5.85 Å². The van der Waals surface area contributed by atoms with Crippen LogP contribution in [-0.2, 0) is 36.2 Å². The van der Waals surface area contributed by atoms with E-state index < -0.39 is 13.4 Å². The van der Waals surface area contributed by atoms with Gasteiger partial charge in [0.2, 0.25) is 0 Å². The molecule has 0 aliphatic carbocycles.